The van der Waals surface area contributed by atoms with Crippen molar-refractivity contribution in [2.75, 3.05) is 44.2 Å². The number of benzene rings is 1. The average molecular weight is 316 g/mol. The first kappa shape index (κ1) is 15.8. The third-order valence-electron chi connectivity index (χ3n) is 4.00. The highest BCUT2D eigenvalue weighted by Gasteiger charge is 2.22. The second-order valence-corrected chi connectivity index (χ2v) is 6.43. The number of carbonyl (C=O) groups is 1. The molecule has 3 rings (SSSR count). The van der Waals surface area contributed by atoms with E-state index in [-0.39, 0.29) is 5.91 Å². The lowest BCUT2D eigenvalue weighted by Gasteiger charge is -2.33. The summed E-state index contributed by atoms with van der Waals surface area (Å²) in [6.45, 7) is 8.73. The molecule has 124 valence electrons. The number of nitrogens with zero attached hydrogens (tertiary/aromatic N) is 3. The van der Waals surface area contributed by atoms with Crippen LogP contribution in [0.2, 0.25) is 0 Å². The first-order valence-corrected chi connectivity index (χ1v) is 8.21. The van der Waals surface area contributed by atoms with E-state index in [4.69, 9.17) is 4.42 Å². The van der Waals surface area contributed by atoms with Crippen LogP contribution in [-0.4, -0.2) is 55.1 Å². The summed E-state index contributed by atoms with van der Waals surface area (Å²) < 4.78 is 5.81. The Bertz CT molecular complexity index is 626. The van der Waals surface area contributed by atoms with E-state index in [1.807, 2.05) is 24.3 Å². The summed E-state index contributed by atoms with van der Waals surface area (Å²) in [7, 11) is 0. The monoisotopic (exact) mass is 316 g/mol. The Balaban J connectivity index is 1.51. The average Bonchev–Trinajstić information content (AvgIpc) is 2.97. The van der Waals surface area contributed by atoms with Gasteiger partial charge >= 0.3 is 0 Å². The number of piperazine rings is 1. The van der Waals surface area contributed by atoms with Gasteiger partial charge < -0.3 is 14.6 Å². The minimum absolute atomic E-state index is 0.106. The highest BCUT2D eigenvalue weighted by molar-refractivity contribution is 5.78. The second-order valence-electron chi connectivity index (χ2n) is 6.43. The Hall–Kier alpha value is -2.08. The maximum absolute atomic E-state index is 11.9. The van der Waals surface area contributed by atoms with Gasteiger partial charge in [0.25, 0.3) is 6.01 Å². The quantitative estimate of drug-likeness (QED) is 0.910. The molecule has 1 aliphatic rings. The van der Waals surface area contributed by atoms with Gasteiger partial charge in [0.2, 0.25) is 5.91 Å². The minimum atomic E-state index is 0.106. The summed E-state index contributed by atoms with van der Waals surface area (Å²) in [4.78, 5) is 20.7. The topological polar surface area (TPSA) is 61.6 Å². The van der Waals surface area contributed by atoms with Crippen molar-refractivity contribution < 1.29 is 9.21 Å². The van der Waals surface area contributed by atoms with Crippen LogP contribution in [0.1, 0.15) is 13.8 Å². The fraction of sp³-hybridized carbons (Fsp3) is 0.529. The fourth-order valence-corrected chi connectivity index (χ4v) is 2.67. The molecule has 1 aliphatic heterocycles. The van der Waals surface area contributed by atoms with E-state index >= 15 is 0 Å². The zero-order chi connectivity index (χ0) is 16.2. The molecule has 1 aromatic heterocycles. The van der Waals surface area contributed by atoms with E-state index in [2.05, 4.69) is 33.9 Å². The number of fused-ring (bicyclic) bond motifs is 1. The van der Waals surface area contributed by atoms with E-state index in [1.165, 1.54) is 0 Å². The summed E-state index contributed by atoms with van der Waals surface area (Å²) >= 11 is 0. The highest BCUT2D eigenvalue weighted by Crippen LogP contribution is 2.22. The Labute approximate surface area is 136 Å². The van der Waals surface area contributed by atoms with Crippen molar-refractivity contribution in [3.8, 4) is 0 Å². The number of hydrogen-bond donors (Lipinski definition) is 1. The van der Waals surface area contributed by atoms with Gasteiger partial charge in [0, 0.05) is 32.7 Å². The van der Waals surface area contributed by atoms with Crippen LogP contribution >= 0.6 is 0 Å². The molecule has 6 nitrogen and oxygen atoms in total. The molecule has 0 unspecified atom stereocenters. The molecule has 0 radical (unpaired) electrons. The van der Waals surface area contributed by atoms with Gasteiger partial charge in [-0.15, -0.1) is 0 Å². The zero-order valence-corrected chi connectivity index (χ0v) is 13.8. The molecule has 0 atom stereocenters. The Morgan fingerprint density at radius 3 is 2.70 bits per heavy atom. The lowest BCUT2D eigenvalue weighted by Crippen LogP contribution is -2.49. The third-order valence-corrected chi connectivity index (χ3v) is 4.00. The van der Waals surface area contributed by atoms with E-state index < -0.39 is 0 Å². The van der Waals surface area contributed by atoms with E-state index in [0.717, 1.165) is 43.8 Å². The van der Waals surface area contributed by atoms with Crippen molar-refractivity contribution in [1.82, 2.24) is 15.2 Å². The van der Waals surface area contributed by atoms with Gasteiger partial charge in [0.15, 0.2) is 5.58 Å². The molecule has 0 aliphatic carbocycles. The Morgan fingerprint density at radius 2 is 2.00 bits per heavy atom. The molecule has 0 saturated carbocycles. The smallest absolute Gasteiger partial charge is 0.298 e. The number of carbonyl (C=O) groups excluding carboxylic acids is 1. The van der Waals surface area contributed by atoms with Crippen LogP contribution in [0.25, 0.3) is 11.1 Å². The summed E-state index contributed by atoms with van der Waals surface area (Å²) in [5, 5.41) is 2.96. The van der Waals surface area contributed by atoms with Crippen molar-refractivity contribution in [3.05, 3.63) is 24.3 Å². The molecule has 1 amide bonds. The molecular formula is C17H24N4O2. The molecule has 23 heavy (non-hydrogen) atoms. The predicted octanol–water partition coefficient (Wildman–Crippen LogP) is 1.72. The Morgan fingerprint density at radius 1 is 1.26 bits per heavy atom. The van der Waals surface area contributed by atoms with Gasteiger partial charge in [-0.3, -0.25) is 9.69 Å². The lowest BCUT2D eigenvalue weighted by atomic mass is 10.2. The van der Waals surface area contributed by atoms with Gasteiger partial charge in [-0.2, -0.15) is 4.98 Å². The standard InChI is InChI=1S/C17H24N4O2/c1-13(2)11-18-16(22)12-20-7-9-21(10-8-20)17-19-14-5-3-4-6-15(14)23-17/h3-6,13H,7-12H2,1-2H3,(H,18,22). The summed E-state index contributed by atoms with van der Waals surface area (Å²) in [6, 6.07) is 8.47. The number of para-hydroxylation sites is 2. The number of rotatable bonds is 5. The molecule has 1 aromatic carbocycles. The van der Waals surface area contributed by atoms with E-state index in [9.17, 15) is 4.79 Å². The number of oxazole rings is 1. The number of aromatic nitrogens is 1. The maximum atomic E-state index is 11.9. The largest absolute Gasteiger partial charge is 0.423 e. The van der Waals surface area contributed by atoms with Crippen LogP contribution in [0.5, 0.6) is 0 Å². The SMILES string of the molecule is CC(C)CNC(=O)CN1CCN(c2nc3ccccc3o2)CC1. The van der Waals surface area contributed by atoms with E-state index in [0.29, 0.717) is 18.5 Å². The van der Waals surface area contributed by atoms with Crippen LogP contribution in [0.3, 0.4) is 0 Å². The van der Waals surface area contributed by atoms with Gasteiger partial charge in [0.05, 0.1) is 6.54 Å². The molecule has 6 heteroatoms. The van der Waals surface area contributed by atoms with Gasteiger partial charge in [0.1, 0.15) is 5.52 Å². The molecule has 1 saturated heterocycles. The number of hydrogen-bond acceptors (Lipinski definition) is 5. The molecule has 2 aromatic rings. The van der Waals surface area contributed by atoms with Gasteiger partial charge in [-0.05, 0) is 18.1 Å². The second kappa shape index (κ2) is 7.00. The first-order chi connectivity index (χ1) is 11.1. The van der Waals surface area contributed by atoms with Crippen molar-refractivity contribution in [2.45, 2.75) is 13.8 Å². The van der Waals surface area contributed by atoms with Crippen molar-refractivity contribution >= 4 is 23.0 Å². The first-order valence-electron chi connectivity index (χ1n) is 8.21. The van der Waals surface area contributed by atoms with Crippen LogP contribution in [0, 0.1) is 5.92 Å². The zero-order valence-electron chi connectivity index (χ0n) is 13.8. The molecule has 0 spiro atoms. The number of nitrogens with one attached hydrogen (secondary N) is 1. The summed E-state index contributed by atoms with van der Waals surface area (Å²) in [5.74, 6) is 0.587. The molecule has 1 N–H and O–H groups in total. The molecular weight excluding hydrogens is 292 g/mol. The predicted molar refractivity (Wildman–Crippen MR) is 90.5 cm³/mol. The van der Waals surface area contributed by atoms with E-state index in [1.54, 1.807) is 0 Å². The minimum Gasteiger partial charge on any atom is -0.423 e. The lowest BCUT2D eigenvalue weighted by molar-refractivity contribution is -0.122. The number of amides is 1. The third kappa shape index (κ3) is 4.01. The van der Waals surface area contributed by atoms with Gasteiger partial charge in [-0.25, -0.2) is 0 Å². The van der Waals surface area contributed by atoms with Crippen molar-refractivity contribution in [1.29, 1.82) is 0 Å². The molecule has 1 fully saturated rings. The normalized spacial score (nSPS) is 16.2. The van der Waals surface area contributed by atoms with Gasteiger partial charge in [-0.1, -0.05) is 26.0 Å². The number of anilines is 1. The summed E-state index contributed by atoms with van der Waals surface area (Å²) in [6.07, 6.45) is 0. The molecule has 0 bridgehead atoms. The van der Waals surface area contributed by atoms with Crippen molar-refractivity contribution in [3.63, 3.8) is 0 Å². The van der Waals surface area contributed by atoms with Crippen LogP contribution in [0.4, 0.5) is 6.01 Å². The molecule has 2 heterocycles. The van der Waals surface area contributed by atoms with Crippen LogP contribution < -0.4 is 10.2 Å². The van der Waals surface area contributed by atoms with Crippen LogP contribution in [0.15, 0.2) is 28.7 Å². The maximum Gasteiger partial charge on any atom is 0.298 e. The summed E-state index contributed by atoms with van der Waals surface area (Å²) in [5.41, 5.74) is 1.70. The fourth-order valence-electron chi connectivity index (χ4n) is 2.67. The Kier molecular flexibility index (Phi) is 4.81. The van der Waals surface area contributed by atoms with Crippen molar-refractivity contribution in [2.24, 2.45) is 5.92 Å². The highest BCUT2D eigenvalue weighted by atomic mass is 16.4. The van der Waals surface area contributed by atoms with Crippen LogP contribution in [-0.2, 0) is 4.79 Å².